The molecule has 0 saturated heterocycles. The molecule has 106 valence electrons. The van der Waals surface area contributed by atoms with Crippen LogP contribution in [-0.4, -0.2) is 44.2 Å². The summed E-state index contributed by atoms with van der Waals surface area (Å²) in [7, 11) is 1.88. The smallest absolute Gasteiger partial charge is 0.225 e. The Kier molecular flexibility index (Phi) is 8.01. The van der Waals surface area contributed by atoms with Crippen molar-refractivity contribution >= 4 is 5.91 Å². The van der Waals surface area contributed by atoms with Gasteiger partial charge in [-0.05, 0) is 12.8 Å². The van der Waals surface area contributed by atoms with Crippen molar-refractivity contribution < 1.29 is 9.53 Å². The summed E-state index contributed by atoms with van der Waals surface area (Å²) in [6.45, 7) is 2.38. The van der Waals surface area contributed by atoms with Crippen LogP contribution < -0.4 is 5.73 Å². The molecule has 4 heteroatoms. The maximum atomic E-state index is 12.3. The highest BCUT2D eigenvalue weighted by atomic mass is 16.5. The van der Waals surface area contributed by atoms with Gasteiger partial charge in [-0.2, -0.15) is 0 Å². The van der Waals surface area contributed by atoms with Crippen LogP contribution in [0.3, 0.4) is 0 Å². The second-order valence-corrected chi connectivity index (χ2v) is 5.20. The summed E-state index contributed by atoms with van der Waals surface area (Å²) in [5.41, 5.74) is 5.35. The number of rotatable bonds is 6. The van der Waals surface area contributed by atoms with E-state index in [2.05, 4.69) is 0 Å². The van der Waals surface area contributed by atoms with Gasteiger partial charge < -0.3 is 15.4 Å². The maximum Gasteiger partial charge on any atom is 0.225 e. The quantitative estimate of drug-likeness (QED) is 0.737. The molecule has 0 aromatic carbocycles. The Balaban J connectivity index is 2.26. The van der Waals surface area contributed by atoms with Crippen LogP contribution in [0.5, 0.6) is 0 Å². The number of hydrogen-bond donors (Lipinski definition) is 1. The van der Waals surface area contributed by atoms with Crippen molar-refractivity contribution in [1.29, 1.82) is 0 Å². The fourth-order valence-electron chi connectivity index (χ4n) is 2.51. The molecule has 1 amide bonds. The SMILES string of the molecule is CN(CCOCCN)C(=O)C1CCCCCCC1. The van der Waals surface area contributed by atoms with Crippen LogP contribution in [0, 0.1) is 5.92 Å². The molecule has 1 aliphatic carbocycles. The number of nitrogens with zero attached hydrogens (tertiary/aromatic N) is 1. The Hall–Kier alpha value is -0.610. The average molecular weight is 256 g/mol. The van der Waals surface area contributed by atoms with Gasteiger partial charge in [-0.25, -0.2) is 0 Å². The normalized spacial score (nSPS) is 18.1. The molecule has 2 N–H and O–H groups in total. The van der Waals surface area contributed by atoms with Crippen molar-refractivity contribution in [3.63, 3.8) is 0 Å². The van der Waals surface area contributed by atoms with E-state index in [0.717, 1.165) is 12.8 Å². The van der Waals surface area contributed by atoms with Crippen LogP contribution in [-0.2, 0) is 9.53 Å². The van der Waals surface area contributed by atoms with Gasteiger partial charge in [-0.15, -0.1) is 0 Å². The highest BCUT2D eigenvalue weighted by Crippen LogP contribution is 2.23. The minimum Gasteiger partial charge on any atom is -0.378 e. The first-order chi connectivity index (χ1) is 8.75. The molecule has 1 fully saturated rings. The van der Waals surface area contributed by atoms with Crippen molar-refractivity contribution in [1.82, 2.24) is 4.90 Å². The third-order valence-electron chi connectivity index (χ3n) is 3.66. The molecule has 1 aliphatic rings. The van der Waals surface area contributed by atoms with E-state index in [1.54, 1.807) is 0 Å². The molecule has 0 spiro atoms. The van der Waals surface area contributed by atoms with Gasteiger partial charge in [-0.1, -0.05) is 32.1 Å². The summed E-state index contributed by atoms with van der Waals surface area (Å²) >= 11 is 0. The first-order valence-corrected chi connectivity index (χ1v) is 7.28. The highest BCUT2D eigenvalue weighted by molar-refractivity contribution is 5.78. The molecule has 0 aliphatic heterocycles. The first kappa shape index (κ1) is 15.4. The largest absolute Gasteiger partial charge is 0.378 e. The van der Waals surface area contributed by atoms with Gasteiger partial charge in [0.15, 0.2) is 0 Å². The number of carbonyl (C=O) groups excluding carboxylic acids is 1. The van der Waals surface area contributed by atoms with E-state index in [0.29, 0.717) is 32.2 Å². The Morgan fingerprint density at radius 2 is 1.78 bits per heavy atom. The van der Waals surface area contributed by atoms with E-state index < -0.39 is 0 Å². The highest BCUT2D eigenvalue weighted by Gasteiger charge is 2.22. The second kappa shape index (κ2) is 9.34. The van der Waals surface area contributed by atoms with E-state index in [4.69, 9.17) is 10.5 Å². The van der Waals surface area contributed by atoms with E-state index in [9.17, 15) is 4.79 Å². The van der Waals surface area contributed by atoms with Gasteiger partial charge in [0.1, 0.15) is 0 Å². The van der Waals surface area contributed by atoms with Crippen LogP contribution in [0.2, 0.25) is 0 Å². The minimum absolute atomic E-state index is 0.241. The van der Waals surface area contributed by atoms with Crippen molar-refractivity contribution in [3.8, 4) is 0 Å². The molecule has 0 aromatic heterocycles. The molecule has 4 nitrogen and oxygen atoms in total. The van der Waals surface area contributed by atoms with E-state index in [-0.39, 0.29) is 5.92 Å². The molecular weight excluding hydrogens is 228 g/mol. The number of carbonyl (C=O) groups is 1. The monoisotopic (exact) mass is 256 g/mol. The topological polar surface area (TPSA) is 55.6 Å². The zero-order chi connectivity index (χ0) is 13.2. The van der Waals surface area contributed by atoms with Crippen LogP contribution in [0.4, 0.5) is 0 Å². The lowest BCUT2D eigenvalue weighted by molar-refractivity contribution is -0.135. The summed E-state index contributed by atoms with van der Waals surface area (Å²) in [4.78, 5) is 14.1. The van der Waals surface area contributed by atoms with Crippen LogP contribution in [0.25, 0.3) is 0 Å². The summed E-state index contributed by atoms with van der Waals surface area (Å²) in [5, 5.41) is 0. The number of hydrogen-bond acceptors (Lipinski definition) is 3. The molecule has 0 radical (unpaired) electrons. The van der Waals surface area contributed by atoms with Crippen molar-refractivity contribution in [2.75, 3.05) is 33.4 Å². The minimum atomic E-state index is 0.241. The Labute approximate surface area is 111 Å². The predicted octanol–water partition coefficient (Wildman–Crippen LogP) is 1.78. The zero-order valence-corrected chi connectivity index (χ0v) is 11.7. The third-order valence-corrected chi connectivity index (χ3v) is 3.66. The van der Waals surface area contributed by atoms with Crippen molar-refractivity contribution in [3.05, 3.63) is 0 Å². The van der Waals surface area contributed by atoms with Gasteiger partial charge >= 0.3 is 0 Å². The van der Waals surface area contributed by atoms with Crippen LogP contribution in [0.1, 0.15) is 44.9 Å². The van der Waals surface area contributed by atoms with E-state index in [1.165, 1.54) is 32.1 Å². The molecule has 0 heterocycles. The summed E-state index contributed by atoms with van der Waals surface area (Å²) in [6, 6.07) is 0. The van der Waals surface area contributed by atoms with Gasteiger partial charge in [0.2, 0.25) is 5.91 Å². The van der Waals surface area contributed by atoms with E-state index >= 15 is 0 Å². The van der Waals surface area contributed by atoms with Gasteiger partial charge in [0.05, 0.1) is 13.2 Å². The number of ether oxygens (including phenoxy) is 1. The molecule has 0 atom stereocenters. The van der Waals surface area contributed by atoms with Crippen molar-refractivity contribution in [2.24, 2.45) is 11.7 Å². The van der Waals surface area contributed by atoms with Crippen LogP contribution >= 0.6 is 0 Å². The fraction of sp³-hybridized carbons (Fsp3) is 0.929. The van der Waals surface area contributed by atoms with Gasteiger partial charge in [0.25, 0.3) is 0 Å². The molecule has 18 heavy (non-hydrogen) atoms. The Bertz CT molecular complexity index is 226. The van der Waals surface area contributed by atoms with Crippen LogP contribution in [0.15, 0.2) is 0 Å². The molecular formula is C14H28N2O2. The molecule has 0 aromatic rings. The number of amides is 1. The average Bonchev–Trinajstić information content (AvgIpc) is 2.33. The lowest BCUT2D eigenvalue weighted by Gasteiger charge is -2.25. The first-order valence-electron chi connectivity index (χ1n) is 7.28. The zero-order valence-electron chi connectivity index (χ0n) is 11.7. The maximum absolute atomic E-state index is 12.3. The van der Waals surface area contributed by atoms with Gasteiger partial charge in [0, 0.05) is 26.1 Å². The molecule has 1 saturated carbocycles. The fourth-order valence-corrected chi connectivity index (χ4v) is 2.51. The Morgan fingerprint density at radius 3 is 2.39 bits per heavy atom. The Morgan fingerprint density at radius 1 is 1.17 bits per heavy atom. The van der Waals surface area contributed by atoms with E-state index in [1.807, 2.05) is 11.9 Å². The summed E-state index contributed by atoms with van der Waals surface area (Å²) < 4.78 is 5.32. The lowest BCUT2D eigenvalue weighted by atomic mass is 9.90. The van der Waals surface area contributed by atoms with Gasteiger partial charge in [-0.3, -0.25) is 4.79 Å². The number of likely N-dealkylation sites (N-methyl/N-ethyl adjacent to an activating group) is 1. The molecule has 0 bridgehead atoms. The molecule has 1 rings (SSSR count). The second-order valence-electron chi connectivity index (χ2n) is 5.20. The summed E-state index contributed by atoms with van der Waals surface area (Å²) in [6.07, 6.45) is 8.44. The molecule has 0 unspecified atom stereocenters. The predicted molar refractivity (Wildman–Crippen MR) is 73.3 cm³/mol. The lowest BCUT2D eigenvalue weighted by Crippen LogP contribution is -2.35. The third kappa shape index (κ3) is 5.83. The van der Waals surface area contributed by atoms with Crippen molar-refractivity contribution in [2.45, 2.75) is 44.9 Å². The summed E-state index contributed by atoms with van der Waals surface area (Å²) in [5.74, 6) is 0.540. The standard InChI is InChI=1S/C14H28N2O2/c1-16(10-12-18-11-9-15)14(17)13-7-5-3-2-4-6-8-13/h13H,2-12,15H2,1H3. The number of nitrogens with two attached hydrogens (primary N) is 1.